The van der Waals surface area contributed by atoms with E-state index < -0.39 is 0 Å². The Balaban J connectivity index is 0.727. The Labute approximate surface area is 504 Å². The first-order valence-electron chi connectivity index (χ1n) is 29.0. The van der Waals surface area contributed by atoms with Crippen molar-refractivity contribution in [3.8, 4) is 64.0 Å². The Kier molecular flexibility index (Phi) is 13.6. The summed E-state index contributed by atoms with van der Waals surface area (Å²) < 4.78 is 14.8. The molecule has 9 heteroatoms. The molecule has 14 rings (SSSR count). The zero-order valence-electron chi connectivity index (χ0n) is 47.9. The van der Waals surface area contributed by atoms with Crippen LogP contribution >= 0.6 is 34.4 Å². The van der Waals surface area contributed by atoms with Crippen molar-refractivity contribution in [3.63, 3.8) is 0 Å². The largest absolute Gasteiger partial charge is 0.469 e. The highest BCUT2D eigenvalue weighted by Gasteiger charge is 2.37. The summed E-state index contributed by atoms with van der Waals surface area (Å²) in [4.78, 5) is 21.4. The molecule has 0 fully saturated rings. The van der Waals surface area contributed by atoms with E-state index in [1.54, 1.807) is 22.7 Å². The Hall–Kier alpha value is -8.73. The third-order valence-electron chi connectivity index (χ3n) is 17.4. The standard InChI is InChI=1S/C75H62N4O2S3/c1-7-12-47-17-26-51(27-18-47)78(55-34-36-59-57-13-8-10-15-63(57)74(2,3)65(59)45-55)53-30-22-49(23-31-53)67-40-42-69(82-67)61-38-39-62(73-72(61)76-84-77-73)70-43-41-68(83-70)50-24-32-54(33-25-50)79(52-28-19-48(20-29-52)21-44-71(80)81-6)56-35-37-60-58-14-9-11-16-64(58)75(4,5)66(60)46-56/h8-11,13-20,22-43,45-46H,7,12,21,44H2,1-6H3. The summed E-state index contributed by atoms with van der Waals surface area (Å²) in [6.07, 6.45) is 3.16. The molecule has 0 saturated heterocycles. The van der Waals surface area contributed by atoms with E-state index in [0.29, 0.717) is 12.8 Å². The molecule has 0 N–H and O–H groups in total. The maximum absolute atomic E-state index is 12.0. The Morgan fingerprint density at radius 1 is 0.417 bits per heavy atom. The van der Waals surface area contributed by atoms with Gasteiger partial charge in [-0.1, -0.05) is 162 Å². The molecule has 84 heavy (non-hydrogen) atoms. The number of esters is 1. The van der Waals surface area contributed by atoms with Gasteiger partial charge >= 0.3 is 5.97 Å². The van der Waals surface area contributed by atoms with E-state index in [9.17, 15) is 4.79 Å². The normalized spacial score (nSPS) is 13.3. The average Bonchev–Trinajstić information content (AvgIpc) is 2.54. The van der Waals surface area contributed by atoms with Crippen molar-refractivity contribution in [1.82, 2.24) is 8.75 Å². The van der Waals surface area contributed by atoms with Crippen molar-refractivity contribution in [2.45, 2.75) is 71.1 Å². The van der Waals surface area contributed by atoms with Crippen molar-refractivity contribution < 1.29 is 9.53 Å². The molecule has 3 aromatic heterocycles. The molecule has 0 bridgehead atoms. The second-order valence-electron chi connectivity index (χ2n) is 23.2. The number of anilines is 6. The average molecular weight is 1150 g/mol. The molecule has 9 aromatic carbocycles. The summed E-state index contributed by atoms with van der Waals surface area (Å²) in [7, 11) is 1.44. The minimum atomic E-state index is -0.204. The lowest BCUT2D eigenvalue weighted by molar-refractivity contribution is -0.140. The van der Waals surface area contributed by atoms with Gasteiger partial charge in [-0.3, -0.25) is 4.79 Å². The lowest BCUT2D eigenvalue weighted by atomic mass is 9.82. The number of benzene rings is 9. The highest BCUT2D eigenvalue weighted by Crippen LogP contribution is 2.53. The maximum atomic E-state index is 12.0. The van der Waals surface area contributed by atoms with Crippen LogP contribution in [0.5, 0.6) is 0 Å². The first kappa shape index (κ1) is 53.3. The molecule has 0 amide bonds. The zero-order chi connectivity index (χ0) is 57.3. The molecule has 0 aliphatic heterocycles. The number of hydrogen-bond donors (Lipinski definition) is 0. The van der Waals surface area contributed by atoms with Crippen molar-refractivity contribution in [1.29, 1.82) is 0 Å². The summed E-state index contributed by atoms with van der Waals surface area (Å²) in [5, 5.41) is 0. The molecule has 2 aliphatic rings. The fraction of sp³-hybridized carbons (Fsp3) is 0.160. The zero-order valence-corrected chi connectivity index (χ0v) is 50.4. The highest BCUT2D eigenvalue weighted by molar-refractivity contribution is 7.19. The predicted molar refractivity (Wildman–Crippen MR) is 354 cm³/mol. The molecule has 0 spiro atoms. The number of hydrogen-bond acceptors (Lipinski definition) is 9. The van der Waals surface area contributed by atoms with Gasteiger partial charge in [0.25, 0.3) is 0 Å². The molecular weight excluding hydrogens is 1090 g/mol. The quantitative estimate of drug-likeness (QED) is 0.0954. The molecular formula is C75H62N4O2S3. The number of rotatable bonds is 15. The molecule has 0 atom stereocenters. The molecule has 0 unspecified atom stereocenters. The van der Waals surface area contributed by atoms with Crippen molar-refractivity contribution >= 4 is 85.5 Å². The van der Waals surface area contributed by atoms with Crippen LogP contribution in [0.1, 0.15) is 80.8 Å². The Bertz CT molecular complexity index is 4450. The van der Waals surface area contributed by atoms with Gasteiger partial charge in [-0.25, -0.2) is 0 Å². The number of aryl methyl sites for hydroxylation is 2. The van der Waals surface area contributed by atoms with Crippen molar-refractivity contribution in [3.05, 3.63) is 252 Å². The second-order valence-corrected chi connectivity index (χ2v) is 25.9. The minimum Gasteiger partial charge on any atom is -0.469 e. The lowest BCUT2D eigenvalue weighted by Crippen LogP contribution is -2.16. The third-order valence-corrected chi connectivity index (χ3v) is 20.3. The van der Waals surface area contributed by atoms with E-state index in [1.807, 2.05) is 0 Å². The van der Waals surface area contributed by atoms with Crippen LogP contribution < -0.4 is 9.80 Å². The Morgan fingerprint density at radius 3 is 1.21 bits per heavy atom. The first-order chi connectivity index (χ1) is 40.9. The van der Waals surface area contributed by atoms with Gasteiger partial charge in [0, 0.05) is 82.0 Å². The van der Waals surface area contributed by atoms with Crippen molar-refractivity contribution in [2.24, 2.45) is 0 Å². The van der Waals surface area contributed by atoms with Crippen LogP contribution in [0.3, 0.4) is 0 Å². The van der Waals surface area contributed by atoms with Crippen LogP contribution in [0.15, 0.2) is 218 Å². The molecule has 412 valence electrons. The summed E-state index contributed by atoms with van der Waals surface area (Å²) in [5.41, 5.74) is 25.8. The number of carbonyl (C=O) groups excluding carboxylic acids is 1. The number of methoxy groups -OCH3 is 1. The van der Waals surface area contributed by atoms with Gasteiger partial charge in [0.1, 0.15) is 11.0 Å². The van der Waals surface area contributed by atoms with Crippen LogP contribution in [0.25, 0.3) is 75.0 Å². The molecule has 2 aliphatic carbocycles. The van der Waals surface area contributed by atoms with Gasteiger partial charge < -0.3 is 14.5 Å². The molecule has 0 saturated carbocycles. The van der Waals surface area contributed by atoms with E-state index in [0.717, 1.165) is 90.0 Å². The van der Waals surface area contributed by atoms with E-state index in [2.05, 4.69) is 263 Å². The molecule has 6 nitrogen and oxygen atoms in total. The minimum absolute atomic E-state index is 0.100. The van der Waals surface area contributed by atoms with E-state index in [-0.39, 0.29) is 16.8 Å². The van der Waals surface area contributed by atoms with Crippen molar-refractivity contribution in [2.75, 3.05) is 16.9 Å². The summed E-state index contributed by atoms with van der Waals surface area (Å²) in [6, 6.07) is 80.6. The fourth-order valence-corrected chi connectivity index (χ4v) is 15.6. The molecule has 12 aromatic rings. The van der Waals surface area contributed by atoms with Gasteiger partial charge in [-0.2, -0.15) is 8.75 Å². The number of carbonyl (C=O) groups is 1. The van der Waals surface area contributed by atoms with Crippen LogP contribution in [-0.4, -0.2) is 21.8 Å². The van der Waals surface area contributed by atoms with Crippen LogP contribution in [-0.2, 0) is 33.2 Å². The van der Waals surface area contributed by atoms with Gasteiger partial charge in [-0.05, 0) is 177 Å². The van der Waals surface area contributed by atoms with Gasteiger partial charge in [0.15, 0.2) is 0 Å². The van der Waals surface area contributed by atoms with E-state index in [4.69, 9.17) is 13.5 Å². The van der Waals surface area contributed by atoms with E-state index in [1.165, 1.54) is 84.2 Å². The predicted octanol–water partition coefficient (Wildman–Crippen LogP) is 21.1. The molecule has 3 heterocycles. The topological polar surface area (TPSA) is 58.6 Å². The lowest BCUT2D eigenvalue weighted by Gasteiger charge is -2.28. The second kappa shape index (κ2) is 21.5. The highest BCUT2D eigenvalue weighted by atomic mass is 32.1. The number of aromatic nitrogens is 2. The van der Waals surface area contributed by atoms with Gasteiger partial charge in [-0.15, -0.1) is 22.7 Å². The number of fused-ring (bicyclic) bond motifs is 7. The van der Waals surface area contributed by atoms with Crippen LogP contribution in [0.4, 0.5) is 34.1 Å². The number of ether oxygens (including phenoxy) is 1. The van der Waals surface area contributed by atoms with E-state index >= 15 is 0 Å². The fourth-order valence-electron chi connectivity index (χ4n) is 12.9. The van der Waals surface area contributed by atoms with Crippen LogP contribution in [0.2, 0.25) is 0 Å². The van der Waals surface area contributed by atoms with Gasteiger partial charge in [0.05, 0.1) is 18.8 Å². The SMILES string of the molecule is CCCc1ccc(N(c2ccc(-c3ccc(-c4ccc(-c5ccc(-c6ccc(N(c7ccc(CCC(=O)OC)cc7)c7ccc8c(c7)C(C)(C)c7ccccc7-8)cc6)s5)c5nsnc45)s3)cc2)c2ccc3c(c2)C(C)(C)c2ccccc2-3)cc1. The summed E-state index contributed by atoms with van der Waals surface area (Å²) >= 11 is 4.85. The first-order valence-corrected chi connectivity index (χ1v) is 31.3. The monoisotopic (exact) mass is 1150 g/mol. The van der Waals surface area contributed by atoms with Gasteiger partial charge in [0.2, 0.25) is 0 Å². The number of nitrogens with zero attached hydrogens (tertiary/aromatic N) is 4. The smallest absolute Gasteiger partial charge is 0.305 e. The maximum Gasteiger partial charge on any atom is 0.305 e. The third kappa shape index (κ3) is 9.35. The Morgan fingerprint density at radius 2 is 0.786 bits per heavy atom. The van der Waals surface area contributed by atoms with Crippen LogP contribution in [0, 0.1) is 0 Å². The summed E-state index contributed by atoms with van der Waals surface area (Å²) in [6.45, 7) is 11.6. The number of thiophene rings is 2. The summed E-state index contributed by atoms with van der Waals surface area (Å²) in [5.74, 6) is -0.204. The molecule has 0 radical (unpaired) electrons.